The van der Waals surface area contributed by atoms with Crippen LogP contribution in [-0.4, -0.2) is 20.2 Å². The van der Waals surface area contributed by atoms with Crippen molar-refractivity contribution < 1.29 is 9.22 Å². The van der Waals surface area contributed by atoms with Gasteiger partial charge < -0.3 is 4.43 Å². The molecule has 3 saturated carbocycles. The van der Waals surface area contributed by atoms with Gasteiger partial charge in [-0.25, -0.2) is 0 Å². The van der Waals surface area contributed by atoms with Gasteiger partial charge in [-0.05, 0) is 58.6 Å². The van der Waals surface area contributed by atoms with Crippen LogP contribution in [-0.2, 0) is 9.22 Å². The molecule has 4 aliphatic rings. The molecule has 4 rings (SSSR count). The van der Waals surface area contributed by atoms with E-state index in [0.29, 0.717) is 57.6 Å². The zero-order chi connectivity index (χ0) is 18.1. The second kappa shape index (κ2) is 5.79. The molecule has 0 heterocycles. The molecule has 0 aliphatic heterocycles. The quantitative estimate of drug-likeness (QED) is 0.462. The van der Waals surface area contributed by atoms with Crippen molar-refractivity contribution in [2.45, 2.75) is 90.0 Å². The minimum absolute atomic E-state index is 0.327. The Morgan fingerprint density at radius 1 is 0.920 bits per heavy atom. The van der Waals surface area contributed by atoms with E-state index in [1.54, 1.807) is 0 Å². The van der Waals surface area contributed by atoms with Crippen LogP contribution in [0.1, 0.15) is 67.2 Å². The van der Waals surface area contributed by atoms with Crippen LogP contribution in [0.15, 0.2) is 12.2 Å². The number of carbonyl (C=O) groups excluding carboxylic acids is 1. The molecule has 3 fully saturated rings. The highest BCUT2D eigenvalue weighted by molar-refractivity contribution is 6.77. The van der Waals surface area contributed by atoms with Crippen molar-refractivity contribution in [3.05, 3.63) is 12.2 Å². The van der Waals surface area contributed by atoms with Crippen molar-refractivity contribution in [1.29, 1.82) is 0 Å². The SMILES string of the molecule is CC(C)[Si](OC1[C@H]2CC(=O)C[C@@H]1[C@H]1C=C[C@@H]2C12CC2)(C(C)C)C(C)C. The van der Waals surface area contributed by atoms with Crippen LogP contribution in [0.5, 0.6) is 0 Å². The third-order valence-corrected chi connectivity index (χ3v) is 14.5. The topological polar surface area (TPSA) is 26.3 Å². The normalized spacial score (nSPS) is 38.4. The number of hydrogen-bond donors (Lipinski definition) is 0. The predicted octanol–water partition coefficient (Wildman–Crippen LogP) is 5.74. The number of Topliss-reactive ketones (excluding diaryl/α,β-unsaturated/α-hetero) is 1. The predicted molar refractivity (Wildman–Crippen MR) is 105 cm³/mol. The third-order valence-electron chi connectivity index (χ3n) is 8.42. The van der Waals surface area contributed by atoms with E-state index in [1.165, 1.54) is 12.8 Å². The molecule has 0 radical (unpaired) electrons. The molecule has 0 N–H and O–H groups in total. The summed E-state index contributed by atoms with van der Waals surface area (Å²) in [5, 5.41) is 0. The van der Waals surface area contributed by atoms with Gasteiger partial charge in [0.2, 0.25) is 8.32 Å². The maximum absolute atomic E-state index is 12.5. The summed E-state index contributed by atoms with van der Waals surface area (Å²) in [6.45, 7) is 14.3. The molecule has 0 aromatic heterocycles. The molecular weight excluding hydrogens is 324 g/mol. The van der Waals surface area contributed by atoms with Crippen molar-refractivity contribution in [3.8, 4) is 0 Å². The van der Waals surface area contributed by atoms with Gasteiger partial charge in [-0.2, -0.15) is 0 Å². The molecule has 1 spiro atoms. The Balaban J connectivity index is 1.70. The number of allylic oxidation sites excluding steroid dienone is 2. The summed E-state index contributed by atoms with van der Waals surface area (Å²) < 4.78 is 7.33. The first-order chi connectivity index (χ1) is 11.7. The monoisotopic (exact) mass is 360 g/mol. The molecule has 25 heavy (non-hydrogen) atoms. The number of rotatable bonds is 5. The van der Waals surface area contributed by atoms with Gasteiger partial charge in [-0.3, -0.25) is 4.79 Å². The van der Waals surface area contributed by atoms with Crippen molar-refractivity contribution >= 4 is 14.1 Å². The summed E-state index contributed by atoms with van der Waals surface area (Å²) in [6.07, 6.45) is 9.59. The van der Waals surface area contributed by atoms with Gasteiger partial charge in [0, 0.05) is 12.8 Å². The zero-order valence-electron chi connectivity index (χ0n) is 16.9. The molecule has 1 unspecified atom stereocenters. The molecule has 5 atom stereocenters. The Morgan fingerprint density at radius 3 is 1.72 bits per heavy atom. The Kier molecular flexibility index (Phi) is 4.16. The van der Waals surface area contributed by atoms with Crippen LogP contribution in [0.4, 0.5) is 0 Å². The second-order valence-corrected chi connectivity index (χ2v) is 15.8. The summed E-state index contributed by atoms with van der Waals surface area (Å²) in [7, 11) is -1.90. The van der Waals surface area contributed by atoms with Gasteiger partial charge in [0.1, 0.15) is 5.78 Å². The maximum Gasteiger partial charge on any atom is 0.200 e. The highest BCUT2D eigenvalue weighted by Crippen LogP contribution is 2.71. The van der Waals surface area contributed by atoms with Crippen LogP contribution in [0.25, 0.3) is 0 Å². The fourth-order valence-corrected chi connectivity index (χ4v) is 13.1. The Labute approximate surface area is 154 Å². The summed E-state index contributed by atoms with van der Waals surface area (Å²) in [4.78, 5) is 12.5. The Hall–Kier alpha value is -0.413. The van der Waals surface area contributed by atoms with E-state index < -0.39 is 8.32 Å². The van der Waals surface area contributed by atoms with Crippen LogP contribution < -0.4 is 0 Å². The van der Waals surface area contributed by atoms with Crippen LogP contribution >= 0.6 is 0 Å². The van der Waals surface area contributed by atoms with Gasteiger partial charge in [0.15, 0.2) is 0 Å². The lowest BCUT2D eigenvalue weighted by Gasteiger charge is -2.55. The Morgan fingerprint density at radius 2 is 1.36 bits per heavy atom. The standard InChI is InChI=1S/C22H36O2Si/c1-13(2)25(14(3)4,15(5)6)24-21-17-11-16(23)12-18(21)20-8-7-19(17)22(20)9-10-22/h7-8,13-15,17-21H,9-12H2,1-6H3/t17-,18+,19-,20+,21?. The van der Waals surface area contributed by atoms with Gasteiger partial charge >= 0.3 is 0 Å². The maximum atomic E-state index is 12.5. The molecule has 2 nitrogen and oxygen atoms in total. The third kappa shape index (κ3) is 2.34. The van der Waals surface area contributed by atoms with E-state index in [1.807, 2.05) is 0 Å². The summed E-state index contributed by atoms with van der Waals surface area (Å²) in [5.41, 5.74) is 2.39. The number of ketones is 1. The van der Waals surface area contributed by atoms with Gasteiger partial charge in [0.25, 0.3) is 0 Å². The van der Waals surface area contributed by atoms with Crippen molar-refractivity contribution in [2.75, 3.05) is 0 Å². The lowest BCUT2D eigenvalue weighted by atomic mass is 9.57. The summed E-state index contributed by atoms with van der Waals surface area (Å²) >= 11 is 0. The fraction of sp³-hybridized carbons (Fsp3) is 0.864. The second-order valence-electron chi connectivity index (χ2n) is 10.3. The molecule has 0 aromatic carbocycles. The number of hydrogen-bond acceptors (Lipinski definition) is 2. The van der Waals surface area contributed by atoms with Crippen molar-refractivity contribution in [1.82, 2.24) is 0 Å². The fourth-order valence-electron chi connectivity index (χ4n) is 7.43. The summed E-state index contributed by atoms with van der Waals surface area (Å²) in [5.74, 6) is 2.62. The minimum Gasteiger partial charge on any atom is -0.413 e. The average Bonchev–Trinajstić information content (AvgIpc) is 3.19. The number of fused-ring (bicyclic) bond motifs is 4. The van der Waals surface area contributed by atoms with Crippen LogP contribution in [0, 0.1) is 29.1 Å². The lowest BCUT2D eigenvalue weighted by molar-refractivity contribution is -0.137. The van der Waals surface area contributed by atoms with Crippen molar-refractivity contribution in [2.24, 2.45) is 29.1 Å². The minimum atomic E-state index is -1.90. The molecular formula is C22H36O2Si. The van der Waals surface area contributed by atoms with Crippen molar-refractivity contribution in [3.63, 3.8) is 0 Å². The first-order valence-electron chi connectivity index (χ1n) is 10.6. The molecule has 4 aliphatic carbocycles. The van der Waals surface area contributed by atoms with E-state index in [0.717, 1.165) is 12.8 Å². The molecule has 0 saturated heterocycles. The Bertz CT molecular complexity index is 537. The van der Waals surface area contributed by atoms with Gasteiger partial charge in [-0.15, -0.1) is 0 Å². The van der Waals surface area contributed by atoms with Crippen LogP contribution in [0.2, 0.25) is 16.6 Å². The molecule has 140 valence electrons. The summed E-state index contributed by atoms with van der Waals surface area (Å²) in [6, 6.07) is 0. The smallest absolute Gasteiger partial charge is 0.200 e. The largest absolute Gasteiger partial charge is 0.413 e. The van der Waals surface area contributed by atoms with E-state index in [9.17, 15) is 4.79 Å². The lowest BCUT2D eigenvalue weighted by Crippen LogP contribution is -2.59. The zero-order valence-corrected chi connectivity index (χ0v) is 17.9. The molecule has 0 amide bonds. The molecule has 3 heteroatoms. The highest BCUT2D eigenvalue weighted by atomic mass is 28.4. The molecule has 4 bridgehead atoms. The first-order valence-corrected chi connectivity index (χ1v) is 12.8. The highest BCUT2D eigenvalue weighted by Gasteiger charge is 2.68. The van der Waals surface area contributed by atoms with Gasteiger partial charge in [0.05, 0.1) is 6.10 Å². The van der Waals surface area contributed by atoms with E-state index in [-0.39, 0.29) is 0 Å². The van der Waals surface area contributed by atoms with Crippen LogP contribution in [0.3, 0.4) is 0 Å². The average molecular weight is 361 g/mol. The molecule has 0 aromatic rings. The van der Waals surface area contributed by atoms with Gasteiger partial charge in [-0.1, -0.05) is 53.7 Å². The number of carbonyl (C=O) groups is 1. The van der Waals surface area contributed by atoms with E-state index >= 15 is 0 Å². The van der Waals surface area contributed by atoms with E-state index in [2.05, 4.69) is 53.7 Å². The first kappa shape index (κ1) is 18.0. The van der Waals surface area contributed by atoms with E-state index in [4.69, 9.17) is 4.43 Å².